The summed E-state index contributed by atoms with van der Waals surface area (Å²) >= 11 is 0. The predicted octanol–water partition coefficient (Wildman–Crippen LogP) is 1.39. The van der Waals surface area contributed by atoms with E-state index in [1.54, 1.807) is 22.9 Å². The minimum atomic E-state index is -0.188. The summed E-state index contributed by atoms with van der Waals surface area (Å²) in [6.45, 7) is 9.01. The van der Waals surface area contributed by atoms with Crippen LogP contribution in [-0.4, -0.2) is 34.9 Å². The zero-order valence-corrected chi connectivity index (χ0v) is 10.8. The first-order chi connectivity index (χ1) is 8.10. The highest BCUT2D eigenvalue weighted by Crippen LogP contribution is 1.95. The highest BCUT2D eigenvalue weighted by Gasteiger charge is 2.07. The molecule has 4 nitrogen and oxygen atoms in total. The summed E-state index contributed by atoms with van der Waals surface area (Å²) in [5.74, 6) is -0.174. The van der Waals surface area contributed by atoms with Gasteiger partial charge in [-0.05, 0) is 32.1 Å². The van der Waals surface area contributed by atoms with Crippen LogP contribution in [0.4, 0.5) is 0 Å². The number of ketones is 1. The Balaban J connectivity index is 2.82. The molecule has 1 aromatic rings. The van der Waals surface area contributed by atoms with Gasteiger partial charge >= 0.3 is 0 Å². The van der Waals surface area contributed by atoms with Gasteiger partial charge in [0.1, 0.15) is 0 Å². The van der Waals surface area contributed by atoms with Gasteiger partial charge in [0.2, 0.25) is 0 Å². The Morgan fingerprint density at radius 3 is 2.53 bits per heavy atom. The molecule has 1 rings (SSSR count). The highest BCUT2D eigenvalue weighted by molar-refractivity contribution is 5.93. The van der Waals surface area contributed by atoms with Gasteiger partial charge in [0, 0.05) is 19.3 Å². The van der Waals surface area contributed by atoms with Crippen LogP contribution in [-0.2, 0) is 6.54 Å². The Labute approximate surface area is 102 Å². The number of nitrogens with zero attached hydrogens (tertiary/aromatic N) is 2. The predicted molar refractivity (Wildman–Crippen MR) is 68.5 cm³/mol. The molecule has 1 aromatic heterocycles. The van der Waals surface area contributed by atoms with Crippen LogP contribution in [0, 0.1) is 0 Å². The SMILES string of the molecule is CCN(CC)CCn1cccc(C(C)=O)c1=O. The molecule has 0 amide bonds. The molecule has 94 valence electrons. The van der Waals surface area contributed by atoms with E-state index in [-0.39, 0.29) is 16.9 Å². The maximum absolute atomic E-state index is 11.9. The first-order valence-electron chi connectivity index (χ1n) is 6.02. The van der Waals surface area contributed by atoms with Gasteiger partial charge in [-0.25, -0.2) is 0 Å². The number of carbonyl (C=O) groups is 1. The minimum absolute atomic E-state index is 0.174. The summed E-state index contributed by atoms with van der Waals surface area (Å²) in [6, 6.07) is 3.33. The fraction of sp³-hybridized carbons (Fsp3) is 0.538. The zero-order valence-electron chi connectivity index (χ0n) is 10.8. The van der Waals surface area contributed by atoms with Gasteiger partial charge in [-0.1, -0.05) is 13.8 Å². The van der Waals surface area contributed by atoms with E-state index in [0.29, 0.717) is 6.54 Å². The first kappa shape index (κ1) is 13.6. The number of hydrogen-bond donors (Lipinski definition) is 0. The van der Waals surface area contributed by atoms with E-state index in [0.717, 1.165) is 19.6 Å². The second-order valence-electron chi connectivity index (χ2n) is 4.00. The second kappa shape index (κ2) is 6.35. The molecule has 0 bridgehead atoms. The molecular formula is C13H20N2O2. The standard InChI is InChI=1S/C13H20N2O2/c1-4-14(5-2)9-10-15-8-6-7-12(11(3)16)13(15)17/h6-8H,4-5,9-10H2,1-3H3. The lowest BCUT2D eigenvalue weighted by molar-refractivity contribution is 0.101. The first-order valence-corrected chi connectivity index (χ1v) is 6.02. The minimum Gasteiger partial charge on any atom is -0.314 e. The topological polar surface area (TPSA) is 42.3 Å². The van der Waals surface area contributed by atoms with Gasteiger partial charge in [0.15, 0.2) is 5.78 Å². The molecule has 1 heterocycles. The van der Waals surface area contributed by atoms with Gasteiger partial charge in [0.25, 0.3) is 5.56 Å². The molecule has 17 heavy (non-hydrogen) atoms. The Bertz CT molecular complexity index is 433. The van der Waals surface area contributed by atoms with Crippen LogP contribution in [0.1, 0.15) is 31.1 Å². The molecule has 0 aliphatic heterocycles. The molecule has 0 aromatic carbocycles. The summed E-state index contributed by atoms with van der Waals surface area (Å²) in [4.78, 5) is 25.4. The van der Waals surface area contributed by atoms with Crippen LogP contribution < -0.4 is 5.56 Å². The van der Waals surface area contributed by atoms with Crippen LogP contribution >= 0.6 is 0 Å². The average Bonchev–Trinajstić information content (AvgIpc) is 2.32. The van der Waals surface area contributed by atoms with Crippen molar-refractivity contribution in [3.8, 4) is 0 Å². The van der Waals surface area contributed by atoms with Crippen molar-refractivity contribution in [3.63, 3.8) is 0 Å². The van der Waals surface area contributed by atoms with Crippen molar-refractivity contribution in [2.24, 2.45) is 0 Å². The molecule has 0 aliphatic rings. The van der Waals surface area contributed by atoms with Gasteiger partial charge in [-0.2, -0.15) is 0 Å². The number of likely N-dealkylation sites (N-methyl/N-ethyl adjacent to an activating group) is 1. The van der Waals surface area contributed by atoms with Crippen molar-refractivity contribution in [3.05, 3.63) is 34.2 Å². The quantitative estimate of drug-likeness (QED) is 0.701. The summed E-state index contributed by atoms with van der Waals surface area (Å²) in [5, 5.41) is 0. The third kappa shape index (κ3) is 3.53. The molecular weight excluding hydrogens is 216 g/mol. The fourth-order valence-corrected chi connectivity index (χ4v) is 1.77. The Morgan fingerprint density at radius 2 is 2.00 bits per heavy atom. The monoisotopic (exact) mass is 236 g/mol. The number of Topliss-reactive ketones (excluding diaryl/α,β-unsaturated/α-hetero) is 1. The number of aromatic nitrogens is 1. The van der Waals surface area contributed by atoms with Crippen LogP contribution in [0.25, 0.3) is 0 Å². The maximum atomic E-state index is 11.9. The van der Waals surface area contributed by atoms with E-state index in [1.165, 1.54) is 6.92 Å². The Hall–Kier alpha value is -1.42. The van der Waals surface area contributed by atoms with E-state index in [9.17, 15) is 9.59 Å². The molecule has 0 spiro atoms. The lowest BCUT2D eigenvalue weighted by Crippen LogP contribution is -2.32. The molecule has 0 fully saturated rings. The molecule has 0 atom stereocenters. The van der Waals surface area contributed by atoms with Crippen molar-refractivity contribution in [1.29, 1.82) is 0 Å². The third-order valence-corrected chi connectivity index (χ3v) is 2.95. The zero-order chi connectivity index (χ0) is 12.8. The lowest BCUT2D eigenvalue weighted by atomic mass is 10.2. The van der Waals surface area contributed by atoms with Gasteiger partial charge < -0.3 is 9.47 Å². The summed E-state index contributed by atoms with van der Waals surface area (Å²) in [6.07, 6.45) is 1.73. The van der Waals surface area contributed by atoms with Gasteiger partial charge in [-0.15, -0.1) is 0 Å². The van der Waals surface area contributed by atoms with Crippen LogP contribution in [0.2, 0.25) is 0 Å². The molecule has 0 saturated carbocycles. The summed E-state index contributed by atoms with van der Waals surface area (Å²) < 4.78 is 1.61. The van der Waals surface area contributed by atoms with Crippen molar-refractivity contribution < 1.29 is 4.79 Å². The van der Waals surface area contributed by atoms with E-state index >= 15 is 0 Å². The fourth-order valence-electron chi connectivity index (χ4n) is 1.77. The molecule has 0 aliphatic carbocycles. The Morgan fingerprint density at radius 1 is 1.35 bits per heavy atom. The van der Waals surface area contributed by atoms with Crippen molar-refractivity contribution >= 4 is 5.78 Å². The molecule has 0 radical (unpaired) electrons. The van der Waals surface area contributed by atoms with Crippen LogP contribution in [0.3, 0.4) is 0 Å². The average molecular weight is 236 g/mol. The largest absolute Gasteiger partial charge is 0.314 e. The van der Waals surface area contributed by atoms with E-state index in [2.05, 4.69) is 18.7 Å². The number of hydrogen-bond acceptors (Lipinski definition) is 3. The van der Waals surface area contributed by atoms with E-state index in [1.807, 2.05) is 0 Å². The molecule has 0 unspecified atom stereocenters. The van der Waals surface area contributed by atoms with E-state index < -0.39 is 0 Å². The third-order valence-electron chi connectivity index (χ3n) is 2.95. The highest BCUT2D eigenvalue weighted by atomic mass is 16.1. The lowest BCUT2D eigenvalue weighted by Gasteiger charge is -2.18. The molecule has 0 saturated heterocycles. The van der Waals surface area contributed by atoms with E-state index in [4.69, 9.17) is 0 Å². The van der Waals surface area contributed by atoms with Crippen molar-refractivity contribution in [2.75, 3.05) is 19.6 Å². The normalized spacial score (nSPS) is 10.8. The van der Waals surface area contributed by atoms with Crippen molar-refractivity contribution in [1.82, 2.24) is 9.47 Å². The van der Waals surface area contributed by atoms with Crippen LogP contribution in [0.5, 0.6) is 0 Å². The summed E-state index contributed by atoms with van der Waals surface area (Å²) in [5.41, 5.74) is 0.0826. The number of rotatable bonds is 6. The van der Waals surface area contributed by atoms with Crippen LogP contribution in [0.15, 0.2) is 23.1 Å². The summed E-state index contributed by atoms with van der Waals surface area (Å²) in [7, 11) is 0. The number of pyridine rings is 1. The second-order valence-corrected chi connectivity index (χ2v) is 4.00. The maximum Gasteiger partial charge on any atom is 0.261 e. The molecule has 0 N–H and O–H groups in total. The number of carbonyl (C=O) groups excluding carboxylic acids is 1. The van der Waals surface area contributed by atoms with Gasteiger partial charge in [0.05, 0.1) is 5.56 Å². The van der Waals surface area contributed by atoms with Crippen molar-refractivity contribution in [2.45, 2.75) is 27.3 Å². The molecule has 4 heteroatoms. The smallest absolute Gasteiger partial charge is 0.261 e. The van der Waals surface area contributed by atoms with Gasteiger partial charge in [-0.3, -0.25) is 9.59 Å². The Kier molecular flexibility index (Phi) is 5.10.